The maximum atomic E-state index is 11.9. The lowest BCUT2D eigenvalue weighted by molar-refractivity contribution is -0.124. The highest BCUT2D eigenvalue weighted by atomic mass is 35.5. The molecule has 116 valence electrons. The topological polar surface area (TPSA) is 72.5 Å². The van der Waals surface area contributed by atoms with E-state index in [1.807, 2.05) is 0 Å². The van der Waals surface area contributed by atoms with Crippen LogP contribution in [0.15, 0.2) is 18.2 Å². The molecule has 1 aromatic rings. The third-order valence-electron chi connectivity index (χ3n) is 3.15. The van der Waals surface area contributed by atoms with Gasteiger partial charge in [-0.3, -0.25) is 4.79 Å². The van der Waals surface area contributed by atoms with Gasteiger partial charge in [0.1, 0.15) is 5.75 Å². The van der Waals surface area contributed by atoms with Crippen LogP contribution in [0.2, 0.25) is 10.0 Å². The normalized spacial score (nSPS) is 23.8. The monoisotopic (exact) mass is 351 g/mol. The quantitative estimate of drug-likeness (QED) is 0.900. The van der Waals surface area contributed by atoms with Gasteiger partial charge in [0.25, 0.3) is 5.91 Å². The maximum Gasteiger partial charge on any atom is 0.258 e. The largest absolute Gasteiger partial charge is 0.484 e. The van der Waals surface area contributed by atoms with Crippen LogP contribution in [0, 0.1) is 0 Å². The van der Waals surface area contributed by atoms with Gasteiger partial charge < -0.3 is 10.1 Å². The summed E-state index contributed by atoms with van der Waals surface area (Å²) in [4.78, 5) is 11.9. The third-order valence-corrected chi connectivity index (χ3v) is 5.49. The van der Waals surface area contributed by atoms with Gasteiger partial charge in [0.2, 0.25) is 0 Å². The second kappa shape index (κ2) is 6.02. The molecule has 0 radical (unpaired) electrons. The summed E-state index contributed by atoms with van der Waals surface area (Å²) in [6.07, 6.45) is 0.407. The number of hydrogen-bond donors (Lipinski definition) is 1. The van der Waals surface area contributed by atoms with Gasteiger partial charge in [0.05, 0.1) is 17.0 Å². The van der Waals surface area contributed by atoms with Gasteiger partial charge in [0.15, 0.2) is 16.4 Å². The number of carbonyl (C=O) groups is 1. The Morgan fingerprint density at radius 2 is 1.95 bits per heavy atom. The van der Waals surface area contributed by atoms with Crippen molar-refractivity contribution in [3.8, 4) is 5.75 Å². The molecule has 1 amide bonds. The van der Waals surface area contributed by atoms with E-state index in [4.69, 9.17) is 27.9 Å². The Morgan fingerprint density at radius 3 is 2.48 bits per heavy atom. The zero-order valence-corrected chi connectivity index (χ0v) is 13.7. The molecule has 0 bridgehead atoms. The average Bonchev–Trinajstić information content (AvgIpc) is 2.59. The lowest BCUT2D eigenvalue weighted by Gasteiger charge is -2.23. The molecule has 1 fully saturated rings. The van der Waals surface area contributed by atoms with Gasteiger partial charge in [-0.25, -0.2) is 8.42 Å². The van der Waals surface area contributed by atoms with Crippen molar-refractivity contribution in [3.63, 3.8) is 0 Å². The molecule has 1 N–H and O–H groups in total. The van der Waals surface area contributed by atoms with Crippen molar-refractivity contribution in [2.45, 2.75) is 18.9 Å². The molecule has 8 heteroatoms. The summed E-state index contributed by atoms with van der Waals surface area (Å²) in [5, 5.41) is 3.52. The molecule has 0 aliphatic carbocycles. The molecule has 1 heterocycles. The van der Waals surface area contributed by atoms with E-state index in [1.165, 1.54) is 0 Å². The Hall–Kier alpha value is -0.980. The Kier molecular flexibility index (Phi) is 4.70. The Morgan fingerprint density at radius 1 is 1.33 bits per heavy atom. The number of rotatable bonds is 4. The zero-order chi connectivity index (χ0) is 15.7. The average molecular weight is 352 g/mol. The Labute approximate surface area is 133 Å². The van der Waals surface area contributed by atoms with Gasteiger partial charge in [-0.05, 0) is 31.5 Å². The molecular weight excluding hydrogens is 337 g/mol. The molecular formula is C13H15Cl2NO4S. The predicted octanol–water partition coefficient (Wildman–Crippen LogP) is 2.07. The van der Waals surface area contributed by atoms with Crippen LogP contribution in [0.1, 0.15) is 13.3 Å². The van der Waals surface area contributed by atoms with Crippen LogP contribution in [0.3, 0.4) is 0 Å². The minimum Gasteiger partial charge on any atom is -0.484 e. The summed E-state index contributed by atoms with van der Waals surface area (Å²) in [7, 11) is -3.07. The van der Waals surface area contributed by atoms with Crippen LogP contribution in [0.5, 0.6) is 5.75 Å². The van der Waals surface area contributed by atoms with Crippen molar-refractivity contribution in [1.82, 2.24) is 5.32 Å². The minimum atomic E-state index is -3.07. The molecule has 21 heavy (non-hydrogen) atoms. The molecule has 0 unspecified atom stereocenters. The van der Waals surface area contributed by atoms with Crippen LogP contribution in [0.25, 0.3) is 0 Å². The number of nitrogens with one attached hydrogen (secondary N) is 1. The van der Waals surface area contributed by atoms with Gasteiger partial charge >= 0.3 is 0 Å². The first-order chi connectivity index (χ1) is 9.67. The van der Waals surface area contributed by atoms with Crippen LogP contribution < -0.4 is 10.1 Å². The lowest BCUT2D eigenvalue weighted by atomic mass is 10.0. The van der Waals surface area contributed by atoms with Crippen molar-refractivity contribution in [1.29, 1.82) is 0 Å². The van der Waals surface area contributed by atoms with E-state index < -0.39 is 15.4 Å². The van der Waals surface area contributed by atoms with Gasteiger partial charge in [-0.1, -0.05) is 23.2 Å². The predicted molar refractivity (Wildman–Crippen MR) is 81.8 cm³/mol. The number of carbonyl (C=O) groups excluding carboxylic acids is 1. The minimum absolute atomic E-state index is 0.0469. The maximum absolute atomic E-state index is 11.9. The summed E-state index contributed by atoms with van der Waals surface area (Å²) in [6, 6.07) is 4.64. The van der Waals surface area contributed by atoms with Crippen molar-refractivity contribution >= 4 is 38.9 Å². The van der Waals surface area contributed by atoms with E-state index in [-0.39, 0.29) is 24.0 Å². The highest BCUT2D eigenvalue weighted by molar-refractivity contribution is 7.91. The fourth-order valence-electron chi connectivity index (χ4n) is 2.24. The van der Waals surface area contributed by atoms with E-state index in [9.17, 15) is 13.2 Å². The van der Waals surface area contributed by atoms with Crippen LogP contribution in [-0.2, 0) is 14.6 Å². The molecule has 1 aliphatic rings. The van der Waals surface area contributed by atoms with Gasteiger partial charge in [0, 0.05) is 10.0 Å². The molecule has 1 aromatic carbocycles. The van der Waals surface area contributed by atoms with E-state index in [0.717, 1.165) is 0 Å². The van der Waals surface area contributed by atoms with Crippen LogP contribution in [-0.4, -0.2) is 38.0 Å². The second-order valence-electron chi connectivity index (χ2n) is 5.34. The van der Waals surface area contributed by atoms with Crippen molar-refractivity contribution in [3.05, 3.63) is 28.2 Å². The van der Waals surface area contributed by atoms with Crippen molar-refractivity contribution in [2.24, 2.45) is 0 Å². The molecule has 2 rings (SSSR count). The molecule has 1 saturated heterocycles. The van der Waals surface area contributed by atoms with E-state index >= 15 is 0 Å². The molecule has 5 nitrogen and oxygen atoms in total. The van der Waals surface area contributed by atoms with Crippen molar-refractivity contribution < 1.29 is 17.9 Å². The van der Waals surface area contributed by atoms with Gasteiger partial charge in [-0.2, -0.15) is 0 Å². The first kappa shape index (κ1) is 16.4. The first-order valence-electron chi connectivity index (χ1n) is 6.28. The second-order valence-corrected chi connectivity index (χ2v) is 8.40. The molecule has 1 aliphatic heterocycles. The molecule has 0 aromatic heterocycles. The number of hydrogen-bond acceptors (Lipinski definition) is 4. The summed E-state index contributed by atoms with van der Waals surface area (Å²) in [5.41, 5.74) is -0.731. The number of ether oxygens (including phenoxy) is 1. The Bertz CT molecular complexity index is 642. The Balaban J connectivity index is 1.91. The van der Waals surface area contributed by atoms with E-state index in [1.54, 1.807) is 25.1 Å². The number of amides is 1. The van der Waals surface area contributed by atoms with E-state index in [2.05, 4.69) is 5.32 Å². The first-order valence-corrected chi connectivity index (χ1v) is 8.86. The number of benzene rings is 1. The lowest BCUT2D eigenvalue weighted by Crippen LogP contribution is -2.48. The van der Waals surface area contributed by atoms with E-state index in [0.29, 0.717) is 22.2 Å². The standard InChI is InChI=1S/C13H15Cl2NO4S/c1-13(2-3-21(18,19)8-13)16-12(17)7-20-11-5-9(14)4-10(15)6-11/h4-6H,2-3,7-8H2,1H3,(H,16,17)/t13-/m1/s1. The summed E-state index contributed by atoms with van der Waals surface area (Å²) >= 11 is 11.6. The highest BCUT2D eigenvalue weighted by Gasteiger charge is 2.39. The third kappa shape index (κ3) is 4.76. The SMILES string of the molecule is C[C@@]1(NC(=O)COc2cc(Cl)cc(Cl)c2)CCS(=O)(=O)C1. The van der Waals surface area contributed by atoms with Gasteiger partial charge in [-0.15, -0.1) is 0 Å². The van der Waals surface area contributed by atoms with Crippen LogP contribution in [0.4, 0.5) is 0 Å². The fourth-order valence-corrected chi connectivity index (χ4v) is 4.84. The fraction of sp³-hybridized carbons (Fsp3) is 0.462. The smallest absolute Gasteiger partial charge is 0.258 e. The highest BCUT2D eigenvalue weighted by Crippen LogP contribution is 2.25. The zero-order valence-electron chi connectivity index (χ0n) is 11.4. The number of halogens is 2. The number of sulfone groups is 1. The molecule has 1 atom stereocenters. The molecule has 0 spiro atoms. The molecule has 0 saturated carbocycles. The summed E-state index contributed by atoms with van der Waals surface area (Å²) in [5.74, 6) is 0.0426. The van der Waals surface area contributed by atoms with Crippen LogP contribution >= 0.6 is 23.2 Å². The summed E-state index contributed by atoms with van der Waals surface area (Å²) < 4.78 is 28.2. The summed E-state index contributed by atoms with van der Waals surface area (Å²) in [6.45, 7) is 1.48. The van der Waals surface area contributed by atoms with Crippen molar-refractivity contribution in [2.75, 3.05) is 18.1 Å².